The molecule has 3 nitrogen and oxygen atoms in total. The molecule has 5 heteroatoms. The second-order valence-corrected chi connectivity index (χ2v) is 12.3. The molecular formula is C16H23NO2SSi. The van der Waals surface area contributed by atoms with Crippen molar-refractivity contribution < 1.29 is 9.16 Å². The van der Waals surface area contributed by atoms with Gasteiger partial charge in [0.25, 0.3) is 0 Å². The van der Waals surface area contributed by atoms with Gasteiger partial charge in [-0.2, -0.15) is 0 Å². The molecule has 0 N–H and O–H groups in total. The molecule has 0 fully saturated rings. The molecule has 1 heterocycles. The van der Waals surface area contributed by atoms with E-state index in [1.54, 1.807) is 11.3 Å². The van der Waals surface area contributed by atoms with Crippen LogP contribution >= 0.6 is 11.3 Å². The topological polar surface area (TPSA) is 31.4 Å². The van der Waals surface area contributed by atoms with Crippen LogP contribution in [0.3, 0.4) is 0 Å². The van der Waals surface area contributed by atoms with Gasteiger partial charge >= 0.3 is 0 Å². The van der Waals surface area contributed by atoms with E-state index in [1.807, 2.05) is 36.0 Å². The third-order valence-corrected chi connectivity index (χ3v) is 8.96. The van der Waals surface area contributed by atoms with Gasteiger partial charge in [0.1, 0.15) is 18.1 Å². The number of nitrogens with zero attached hydrogens (tertiary/aromatic N) is 1. The van der Waals surface area contributed by atoms with E-state index in [-0.39, 0.29) is 5.04 Å². The summed E-state index contributed by atoms with van der Waals surface area (Å²) >= 11 is 1.60. The van der Waals surface area contributed by atoms with Crippen LogP contribution in [0.2, 0.25) is 18.1 Å². The van der Waals surface area contributed by atoms with Crippen molar-refractivity contribution in [2.45, 2.75) is 45.5 Å². The minimum atomic E-state index is -1.81. The van der Waals surface area contributed by atoms with Crippen LogP contribution < -0.4 is 9.16 Å². The second kappa shape index (κ2) is 6.20. The normalized spacial score (nSPS) is 12.2. The fourth-order valence-electron chi connectivity index (χ4n) is 1.54. The first-order valence-corrected chi connectivity index (χ1v) is 10.9. The van der Waals surface area contributed by atoms with E-state index >= 15 is 0 Å². The van der Waals surface area contributed by atoms with Crippen LogP contribution in [0.25, 0.3) is 0 Å². The fourth-order valence-corrected chi connectivity index (χ4v) is 3.07. The van der Waals surface area contributed by atoms with Gasteiger partial charge in [0.15, 0.2) is 0 Å². The Bertz CT molecular complexity index is 576. The Labute approximate surface area is 132 Å². The van der Waals surface area contributed by atoms with E-state index in [0.717, 1.165) is 16.4 Å². The van der Waals surface area contributed by atoms with Crippen molar-refractivity contribution in [3.05, 3.63) is 40.8 Å². The second-order valence-electron chi connectivity index (χ2n) is 6.59. The van der Waals surface area contributed by atoms with Crippen LogP contribution in [0.4, 0.5) is 0 Å². The van der Waals surface area contributed by atoms with Crippen molar-refractivity contribution in [1.29, 1.82) is 0 Å². The SMILES string of the molecule is CC(C)(C)[Si](C)(C)Oc1cccc(OCc2cncs2)c1. The maximum Gasteiger partial charge on any atom is 0.250 e. The predicted octanol–water partition coefficient (Wildman–Crippen LogP) is 5.11. The van der Waals surface area contributed by atoms with Gasteiger partial charge in [-0.25, -0.2) is 0 Å². The lowest BCUT2D eigenvalue weighted by Gasteiger charge is -2.36. The van der Waals surface area contributed by atoms with Gasteiger partial charge in [0, 0.05) is 12.3 Å². The molecule has 0 amide bonds. The van der Waals surface area contributed by atoms with Crippen LogP contribution in [-0.2, 0) is 6.61 Å². The van der Waals surface area contributed by atoms with E-state index < -0.39 is 8.32 Å². The Morgan fingerprint density at radius 2 is 1.90 bits per heavy atom. The first-order valence-electron chi connectivity index (χ1n) is 7.07. The highest BCUT2D eigenvalue weighted by atomic mass is 32.1. The Hall–Kier alpha value is -1.33. The summed E-state index contributed by atoms with van der Waals surface area (Å²) in [5.74, 6) is 1.73. The van der Waals surface area contributed by atoms with Crippen molar-refractivity contribution in [1.82, 2.24) is 4.98 Å². The summed E-state index contributed by atoms with van der Waals surface area (Å²) in [7, 11) is -1.81. The monoisotopic (exact) mass is 321 g/mol. The minimum Gasteiger partial charge on any atom is -0.543 e. The molecule has 0 unspecified atom stereocenters. The van der Waals surface area contributed by atoms with Crippen LogP contribution in [0.15, 0.2) is 36.0 Å². The average molecular weight is 322 g/mol. The van der Waals surface area contributed by atoms with Gasteiger partial charge < -0.3 is 9.16 Å². The van der Waals surface area contributed by atoms with E-state index in [1.165, 1.54) is 0 Å². The zero-order valence-corrected chi connectivity index (χ0v) is 15.2. The van der Waals surface area contributed by atoms with E-state index in [2.05, 4.69) is 38.8 Å². The first-order chi connectivity index (χ1) is 9.78. The van der Waals surface area contributed by atoms with Gasteiger partial charge in [-0.3, -0.25) is 4.98 Å². The molecule has 0 saturated carbocycles. The number of aromatic nitrogens is 1. The maximum absolute atomic E-state index is 6.29. The largest absolute Gasteiger partial charge is 0.543 e. The molecule has 0 aliphatic rings. The average Bonchev–Trinajstić information content (AvgIpc) is 2.88. The van der Waals surface area contributed by atoms with Gasteiger partial charge in [-0.15, -0.1) is 11.3 Å². The quantitative estimate of drug-likeness (QED) is 0.717. The van der Waals surface area contributed by atoms with Gasteiger partial charge in [-0.05, 0) is 30.3 Å². The summed E-state index contributed by atoms with van der Waals surface area (Å²) in [5, 5.41) is 0.187. The van der Waals surface area contributed by atoms with Crippen LogP contribution in [0.1, 0.15) is 25.6 Å². The number of ether oxygens (including phenoxy) is 1. The van der Waals surface area contributed by atoms with Gasteiger partial charge in [0.2, 0.25) is 8.32 Å². The standard InChI is InChI=1S/C16H23NO2SSi/c1-16(2,3)21(4,5)19-14-8-6-7-13(9-14)18-11-15-10-17-12-20-15/h6-10,12H,11H2,1-5H3. The molecule has 0 radical (unpaired) electrons. The molecule has 0 spiro atoms. The van der Waals surface area contributed by atoms with Gasteiger partial charge in [-0.1, -0.05) is 26.8 Å². The number of thiazole rings is 1. The molecule has 114 valence electrons. The van der Waals surface area contributed by atoms with Gasteiger partial charge in [0.05, 0.1) is 10.4 Å². The van der Waals surface area contributed by atoms with E-state index in [4.69, 9.17) is 9.16 Å². The lowest BCUT2D eigenvalue weighted by molar-refractivity contribution is 0.308. The smallest absolute Gasteiger partial charge is 0.250 e. The van der Waals surface area contributed by atoms with Crippen LogP contribution in [-0.4, -0.2) is 13.3 Å². The summed E-state index contributed by atoms with van der Waals surface area (Å²) in [6.45, 7) is 11.8. The molecule has 0 aliphatic carbocycles. The highest BCUT2D eigenvalue weighted by Crippen LogP contribution is 2.37. The Balaban J connectivity index is 2.04. The van der Waals surface area contributed by atoms with E-state index in [9.17, 15) is 0 Å². The van der Waals surface area contributed by atoms with Crippen LogP contribution in [0, 0.1) is 0 Å². The first kappa shape index (κ1) is 16.0. The molecule has 1 aromatic carbocycles. The summed E-state index contributed by atoms with van der Waals surface area (Å²) in [5.41, 5.74) is 1.82. The van der Waals surface area contributed by atoms with E-state index in [0.29, 0.717) is 6.61 Å². The zero-order chi connectivity index (χ0) is 15.5. The zero-order valence-electron chi connectivity index (χ0n) is 13.3. The molecule has 0 aliphatic heterocycles. The van der Waals surface area contributed by atoms with Crippen molar-refractivity contribution in [2.24, 2.45) is 0 Å². The summed E-state index contributed by atoms with van der Waals surface area (Å²) in [4.78, 5) is 5.16. The van der Waals surface area contributed by atoms with Crippen molar-refractivity contribution in [2.75, 3.05) is 0 Å². The molecule has 21 heavy (non-hydrogen) atoms. The molecular weight excluding hydrogens is 298 g/mol. The molecule has 1 aromatic heterocycles. The third kappa shape index (κ3) is 4.31. The van der Waals surface area contributed by atoms with Crippen molar-refractivity contribution in [3.63, 3.8) is 0 Å². The highest BCUT2D eigenvalue weighted by Gasteiger charge is 2.38. The third-order valence-electron chi connectivity index (χ3n) is 3.85. The highest BCUT2D eigenvalue weighted by molar-refractivity contribution is 7.09. The van der Waals surface area contributed by atoms with Crippen molar-refractivity contribution >= 4 is 19.7 Å². The lowest BCUT2D eigenvalue weighted by atomic mass is 10.2. The Kier molecular flexibility index (Phi) is 4.73. The molecule has 0 saturated heterocycles. The summed E-state index contributed by atoms with van der Waals surface area (Å²) < 4.78 is 12.1. The van der Waals surface area contributed by atoms with Crippen molar-refractivity contribution in [3.8, 4) is 11.5 Å². The fraction of sp³-hybridized carbons (Fsp3) is 0.438. The molecule has 0 bridgehead atoms. The number of rotatable bonds is 5. The number of benzene rings is 1. The predicted molar refractivity (Wildman–Crippen MR) is 90.7 cm³/mol. The Morgan fingerprint density at radius 3 is 2.52 bits per heavy atom. The summed E-state index contributed by atoms with van der Waals surface area (Å²) in [6, 6.07) is 7.91. The summed E-state index contributed by atoms with van der Waals surface area (Å²) in [6.07, 6.45) is 1.83. The minimum absolute atomic E-state index is 0.187. The Morgan fingerprint density at radius 1 is 1.19 bits per heavy atom. The number of hydrogen-bond donors (Lipinski definition) is 0. The molecule has 0 atom stereocenters. The number of hydrogen-bond acceptors (Lipinski definition) is 4. The molecule has 2 rings (SSSR count). The lowest BCUT2D eigenvalue weighted by Crippen LogP contribution is -2.43. The molecule has 2 aromatic rings. The maximum atomic E-state index is 6.29. The van der Waals surface area contributed by atoms with Crippen LogP contribution in [0.5, 0.6) is 11.5 Å².